The average Bonchev–Trinajstić information content (AvgIpc) is 3.11. The molecule has 4 rings (SSSR count). The van der Waals surface area contributed by atoms with E-state index in [0.29, 0.717) is 16.3 Å². The van der Waals surface area contributed by atoms with Crippen molar-refractivity contribution in [3.63, 3.8) is 0 Å². The van der Waals surface area contributed by atoms with Gasteiger partial charge in [0.15, 0.2) is 0 Å². The monoisotopic (exact) mass is 371 g/mol. The van der Waals surface area contributed by atoms with Crippen LogP contribution in [0.4, 0.5) is 17.1 Å². The Morgan fingerprint density at radius 1 is 1.12 bits per heavy atom. The van der Waals surface area contributed by atoms with Crippen molar-refractivity contribution >= 4 is 28.7 Å². The van der Waals surface area contributed by atoms with Crippen LogP contribution in [0, 0.1) is 26.1 Å². The molecule has 0 bridgehead atoms. The maximum atomic E-state index is 11.5. The van der Waals surface area contributed by atoms with Crippen LogP contribution >= 0.6 is 11.6 Å². The summed E-state index contributed by atoms with van der Waals surface area (Å²) in [5.74, 6) is -0.128. The Balaban J connectivity index is 1.85. The van der Waals surface area contributed by atoms with E-state index < -0.39 is 9.85 Å². The van der Waals surface area contributed by atoms with Crippen molar-refractivity contribution in [3.05, 3.63) is 84.9 Å². The largest absolute Gasteiger partial charge is 0.376 e. The second kappa shape index (κ2) is 6.10. The number of anilines is 1. The summed E-state index contributed by atoms with van der Waals surface area (Å²) in [5.41, 5.74) is 1.94. The summed E-state index contributed by atoms with van der Waals surface area (Å²) in [7, 11) is 0. The number of nitrogens with zero attached hydrogens (tertiary/aromatic N) is 2. The fourth-order valence-corrected chi connectivity index (χ4v) is 4.19. The highest BCUT2D eigenvalue weighted by Gasteiger charge is 2.42. The zero-order chi connectivity index (χ0) is 18.4. The van der Waals surface area contributed by atoms with Gasteiger partial charge in [0, 0.05) is 24.1 Å². The third kappa shape index (κ3) is 2.52. The first-order valence-corrected chi connectivity index (χ1v) is 8.49. The summed E-state index contributed by atoms with van der Waals surface area (Å²) < 4.78 is 0. The lowest BCUT2D eigenvalue weighted by molar-refractivity contribution is -0.385. The lowest BCUT2D eigenvalue weighted by Crippen LogP contribution is -2.29. The minimum absolute atomic E-state index is 0.0164. The SMILES string of the molecule is O=[N+]([O-])c1cccc(C2Nc3c(Cl)ccc([N+](=O)[O-])c3[C@H]3C=CC[C@@H]23)c1. The molecule has 2 aliphatic rings. The Bertz CT molecular complexity index is 959. The van der Waals surface area contributed by atoms with Crippen LogP contribution < -0.4 is 5.32 Å². The predicted molar refractivity (Wildman–Crippen MR) is 97.6 cm³/mol. The Morgan fingerprint density at radius 2 is 1.92 bits per heavy atom. The molecule has 0 aromatic heterocycles. The van der Waals surface area contributed by atoms with Gasteiger partial charge in [-0.2, -0.15) is 0 Å². The molecule has 2 aromatic rings. The van der Waals surface area contributed by atoms with Gasteiger partial charge in [-0.15, -0.1) is 0 Å². The average molecular weight is 372 g/mol. The molecule has 1 heterocycles. The number of halogens is 1. The Hall–Kier alpha value is -2.93. The lowest BCUT2D eigenvalue weighted by Gasteiger charge is -2.37. The van der Waals surface area contributed by atoms with Gasteiger partial charge in [0.25, 0.3) is 11.4 Å². The van der Waals surface area contributed by atoms with Crippen LogP contribution in [0.5, 0.6) is 0 Å². The minimum atomic E-state index is -0.428. The van der Waals surface area contributed by atoms with Crippen molar-refractivity contribution in [1.29, 1.82) is 0 Å². The summed E-state index contributed by atoms with van der Waals surface area (Å²) in [4.78, 5) is 21.8. The lowest BCUT2D eigenvalue weighted by atomic mass is 9.76. The molecular formula is C18H14ClN3O4. The van der Waals surface area contributed by atoms with Crippen molar-refractivity contribution in [3.8, 4) is 0 Å². The molecule has 0 saturated carbocycles. The number of rotatable bonds is 3. The van der Waals surface area contributed by atoms with Crippen LogP contribution in [0.3, 0.4) is 0 Å². The summed E-state index contributed by atoms with van der Waals surface area (Å²) in [5, 5.41) is 26.3. The Kier molecular flexibility index (Phi) is 3.88. The molecule has 1 unspecified atom stereocenters. The van der Waals surface area contributed by atoms with Crippen LogP contribution in [0.2, 0.25) is 5.02 Å². The van der Waals surface area contributed by atoms with Crippen LogP contribution in [0.15, 0.2) is 48.6 Å². The second-order valence-electron chi connectivity index (χ2n) is 6.44. The van der Waals surface area contributed by atoms with Crippen molar-refractivity contribution < 1.29 is 9.85 Å². The summed E-state index contributed by atoms with van der Waals surface area (Å²) in [6.45, 7) is 0. The Morgan fingerprint density at radius 3 is 2.65 bits per heavy atom. The van der Waals surface area contributed by atoms with E-state index in [1.807, 2.05) is 18.2 Å². The quantitative estimate of drug-likeness (QED) is 0.466. The maximum absolute atomic E-state index is 11.5. The van der Waals surface area contributed by atoms with Crippen LogP contribution in [-0.4, -0.2) is 9.85 Å². The number of nitro benzene ring substituents is 2. The molecular weight excluding hydrogens is 358 g/mol. The number of non-ortho nitro benzene ring substituents is 1. The molecule has 8 heteroatoms. The van der Waals surface area contributed by atoms with Gasteiger partial charge in [-0.3, -0.25) is 20.2 Å². The number of nitrogens with one attached hydrogen (secondary N) is 1. The van der Waals surface area contributed by atoms with E-state index >= 15 is 0 Å². The minimum Gasteiger partial charge on any atom is -0.376 e. The summed E-state index contributed by atoms with van der Waals surface area (Å²) in [6.07, 6.45) is 4.70. The van der Waals surface area contributed by atoms with Crippen LogP contribution in [0.1, 0.15) is 29.5 Å². The van der Waals surface area contributed by atoms with Crippen molar-refractivity contribution in [2.75, 3.05) is 5.32 Å². The number of fused-ring (bicyclic) bond motifs is 3. The summed E-state index contributed by atoms with van der Waals surface area (Å²) >= 11 is 6.33. The van der Waals surface area contributed by atoms with Gasteiger partial charge in [0.2, 0.25) is 0 Å². The normalized spacial score (nSPS) is 23.0. The predicted octanol–water partition coefficient (Wildman–Crippen LogP) is 4.98. The number of nitro groups is 2. The molecule has 0 saturated heterocycles. The number of allylic oxidation sites excluding steroid dienone is 2. The van der Waals surface area contributed by atoms with Crippen molar-refractivity contribution in [2.24, 2.45) is 5.92 Å². The van der Waals surface area contributed by atoms with Gasteiger partial charge in [-0.1, -0.05) is 35.9 Å². The van der Waals surface area contributed by atoms with E-state index in [4.69, 9.17) is 11.6 Å². The number of hydrogen-bond acceptors (Lipinski definition) is 5. The summed E-state index contributed by atoms with van der Waals surface area (Å²) in [6, 6.07) is 9.19. The molecule has 3 atom stereocenters. The van der Waals surface area contributed by atoms with Gasteiger partial charge in [-0.25, -0.2) is 0 Å². The van der Waals surface area contributed by atoms with Gasteiger partial charge in [-0.05, 0) is 24.0 Å². The van der Waals surface area contributed by atoms with E-state index in [1.165, 1.54) is 18.2 Å². The second-order valence-corrected chi connectivity index (χ2v) is 6.85. The topological polar surface area (TPSA) is 98.3 Å². The van der Waals surface area contributed by atoms with Gasteiger partial charge in [0.1, 0.15) is 0 Å². The molecule has 1 aliphatic heterocycles. The zero-order valence-electron chi connectivity index (χ0n) is 13.5. The van der Waals surface area contributed by atoms with E-state index in [-0.39, 0.29) is 29.3 Å². The molecule has 1 N–H and O–H groups in total. The van der Waals surface area contributed by atoms with E-state index in [9.17, 15) is 20.2 Å². The smallest absolute Gasteiger partial charge is 0.275 e. The van der Waals surface area contributed by atoms with Crippen molar-refractivity contribution in [2.45, 2.75) is 18.4 Å². The number of benzene rings is 2. The van der Waals surface area contributed by atoms with Crippen molar-refractivity contribution in [1.82, 2.24) is 0 Å². The molecule has 0 spiro atoms. The maximum Gasteiger partial charge on any atom is 0.275 e. The molecule has 2 aromatic carbocycles. The fourth-order valence-electron chi connectivity index (χ4n) is 3.98. The van der Waals surface area contributed by atoms with E-state index in [2.05, 4.69) is 5.32 Å². The van der Waals surface area contributed by atoms with E-state index in [0.717, 1.165) is 12.0 Å². The standard InChI is InChI=1S/C18H14ClN3O4/c19-14-7-8-15(22(25)26)16-12-5-2-6-13(12)17(20-18(14)16)10-3-1-4-11(9-10)21(23)24/h1-5,7-9,12-13,17,20H,6H2/t12-,13+,17?/m0/s1. The third-order valence-electron chi connectivity index (χ3n) is 5.08. The van der Waals surface area contributed by atoms with Crippen LogP contribution in [-0.2, 0) is 0 Å². The van der Waals surface area contributed by atoms with Gasteiger partial charge in [0.05, 0.1) is 32.2 Å². The van der Waals surface area contributed by atoms with Gasteiger partial charge >= 0.3 is 0 Å². The molecule has 0 fully saturated rings. The molecule has 0 radical (unpaired) electrons. The molecule has 1 aliphatic carbocycles. The first-order chi connectivity index (χ1) is 12.5. The first kappa shape index (κ1) is 16.5. The zero-order valence-corrected chi connectivity index (χ0v) is 14.2. The molecule has 26 heavy (non-hydrogen) atoms. The highest BCUT2D eigenvalue weighted by molar-refractivity contribution is 6.33. The highest BCUT2D eigenvalue weighted by atomic mass is 35.5. The first-order valence-electron chi connectivity index (χ1n) is 8.11. The third-order valence-corrected chi connectivity index (χ3v) is 5.40. The van der Waals surface area contributed by atoms with Crippen LogP contribution in [0.25, 0.3) is 0 Å². The van der Waals surface area contributed by atoms with E-state index in [1.54, 1.807) is 12.1 Å². The number of hydrogen-bond donors (Lipinski definition) is 1. The van der Waals surface area contributed by atoms with Gasteiger partial charge < -0.3 is 5.32 Å². The highest BCUT2D eigenvalue weighted by Crippen LogP contribution is 2.54. The Labute approximate surface area is 153 Å². The molecule has 132 valence electrons. The molecule has 7 nitrogen and oxygen atoms in total. The fraction of sp³-hybridized carbons (Fsp3) is 0.222. The molecule has 0 amide bonds.